The van der Waals surface area contributed by atoms with E-state index in [-0.39, 0.29) is 10.8 Å². The SMILES string of the molecule is O=S(=O)(Nc1ncc[nH]1)c1cc(Br)ccc1Br. The van der Waals surface area contributed by atoms with Crippen molar-refractivity contribution >= 4 is 47.8 Å². The highest BCUT2D eigenvalue weighted by atomic mass is 79.9. The lowest BCUT2D eigenvalue weighted by atomic mass is 10.4. The van der Waals surface area contributed by atoms with Crippen LogP contribution < -0.4 is 4.72 Å². The molecule has 1 heterocycles. The van der Waals surface area contributed by atoms with Crippen LogP contribution in [0.3, 0.4) is 0 Å². The molecule has 0 unspecified atom stereocenters. The van der Waals surface area contributed by atoms with Crippen molar-refractivity contribution in [2.45, 2.75) is 4.90 Å². The highest BCUT2D eigenvalue weighted by Gasteiger charge is 2.18. The summed E-state index contributed by atoms with van der Waals surface area (Å²) in [5.74, 6) is 0.178. The van der Waals surface area contributed by atoms with Crippen molar-refractivity contribution in [2.75, 3.05) is 4.72 Å². The maximum Gasteiger partial charge on any atom is 0.265 e. The van der Waals surface area contributed by atoms with E-state index >= 15 is 0 Å². The van der Waals surface area contributed by atoms with E-state index in [1.54, 1.807) is 12.1 Å². The molecule has 2 N–H and O–H groups in total. The fourth-order valence-electron chi connectivity index (χ4n) is 1.19. The Kier molecular flexibility index (Phi) is 3.55. The first kappa shape index (κ1) is 12.6. The molecule has 0 saturated carbocycles. The predicted molar refractivity (Wildman–Crippen MR) is 71.2 cm³/mol. The molecule has 0 aliphatic rings. The number of nitrogens with zero attached hydrogens (tertiary/aromatic N) is 1. The van der Waals surface area contributed by atoms with Crippen LogP contribution in [-0.4, -0.2) is 18.4 Å². The van der Waals surface area contributed by atoms with Crippen molar-refractivity contribution in [1.29, 1.82) is 0 Å². The highest BCUT2D eigenvalue weighted by molar-refractivity contribution is 9.11. The summed E-state index contributed by atoms with van der Waals surface area (Å²) in [5, 5.41) is 0. The minimum absolute atomic E-state index is 0.142. The van der Waals surface area contributed by atoms with Gasteiger partial charge in [0.1, 0.15) is 4.90 Å². The van der Waals surface area contributed by atoms with Crippen LogP contribution in [0.4, 0.5) is 5.95 Å². The number of rotatable bonds is 3. The van der Waals surface area contributed by atoms with Gasteiger partial charge in [0.25, 0.3) is 10.0 Å². The highest BCUT2D eigenvalue weighted by Crippen LogP contribution is 2.26. The molecule has 0 bridgehead atoms. The van der Waals surface area contributed by atoms with Crippen LogP contribution in [0.5, 0.6) is 0 Å². The van der Waals surface area contributed by atoms with E-state index in [0.717, 1.165) is 0 Å². The third kappa shape index (κ3) is 2.88. The van der Waals surface area contributed by atoms with Gasteiger partial charge < -0.3 is 4.98 Å². The standard InChI is InChI=1S/C9H7Br2N3O2S/c10-6-1-2-7(11)8(5-6)17(15,16)14-9-12-3-4-13-9/h1-5H,(H2,12,13,14). The maximum absolute atomic E-state index is 12.1. The zero-order valence-electron chi connectivity index (χ0n) is 8.31. The number of aromatic nitrogens is 2. The van der Waals surface area contributed by atoms with Gasteiger partial charge in [-0.2, -0.15) is 0 Å². The third-order valence-electron chi connectivity index (χ3n) is 1.91. The van der Waals surface area contributed by atoms with Gasteiger partial charge in [0.05, 0.1) is 0 Å². The molecule has 0 aliphatic heterocycles. The Labute approximate surface area is 115 Å². The fraction of sp³-hybridized carbons (Fsp3) is 0. The van der Waals surface area contributed by atoms with Gasteiger partial charge in [-0.3, -0.25) is 0 Å². The molecule has 5 nitrogen and oxygen atoms in total. The molecule has 0 fully saturated rings. The summed E-state index contributed by atoms with van der Waals surface area (Å²) >= 11 is 6.43. The van der Waals surface area contributed by atoms with Gasteiger partial charge in [-0.25, -0.2) is 18.1 Å². The molecule has 17 heavy (non-hydrogen) atoms. The monoisotopic (exact) mass is 379 g/mol. The molecule has 0 radical (unpaired) electrons. The minimum Gasteiger partial charge on any atom is -0.330 e. The van der Waals surface area contributed by atoms with Crippen LogP contribution in [0, 0.1) is 0 Å². The zero-order valence-corrected chi connectivity index (χ0v) is 12.3. The average molecular weight is 381 g/mol. The lowest BCUT2D eigenvalue weighted by Crippen LogP contribution is -2.14. The van der Waals surface area contributed by atoms with Crippen LogP contribution >= 0.6 is 31.9 Å². The number of aromatic amines is 1. The molecule has 2 aromatic rings. The van der Waals surface area contributed by atoms with Crippen molar-refractivity contribution in [3.8, 4) is 0 Å². The number of hydrogen-bond acceptors (Lipinski definition) is 3. The number of sulfonamides is 1. The molecule has 1 aromatic heterocycles. The number of halogens is 2. The van der Waals surface area contributed by atoms with E-state index in [4.69, 9.17) is 0 Å². The zero-order chi connectivity index (χ0) is 12.5. The first-order chi connectivity index (χ1) is 7.99. The number of benzene rings is 1. The lowest BCUT2D eigenvalue weighted by molar-refractivity contribution is 0.600. The number of nitrogens with one attached hydrogen (secondary N) is 2. The van der Waals surface area contributed by atoms with E-state index < -0.39 is 10.0 Å². The topological polar surface area (TPSA) is 74.8 Å². The molecule has 90 valence electrons. The van der Waals surface area contributed by atoms with Gasteiger partial charge in [0.2, 0.25) is 5.95 Å². The van der Waals surface area contributed by atoms with E-state index in [1.807, 2.05) is 0 Å². The largest absolute Gasteiger partial charge is 0.330 e. The summed E-state index contributed by atoms with van der Waals surface area (Å²) in [6.07, 6.45) is 3.00. The third-order valence-corrected chi connectivity index (χ3v) is 4.74. The second-order valence-corrected chi connectivity index (χ2v) is 6.54. The Morgan fingerprint density at radius 1 is 1.29 bits per heavy atom. The molecule has 1 aromatic carbocycles. The first-order valence-corrected chi connectivity index (χ1v) is 7.53. The number of hydrogen-bond donors (Lipinski definition) is 2. The summed E-state index contributed by atoms with van der Waals surface area (Å²) in [6.45, 7) is 0. The quantitative estimate of drug-likeness (QED) is 0.859. The summed E-state index contributed by atoms with van der Waals surface area (Å²) < 4.78 is 27.6. The average Bonchev–Trinajstić information content (AvgIpc) is 2.73. The number of anilines is 1. The van der Waals surface area contributed by atoms with E-state index in [2.05, 4.69) is 46.5 Å². The fourth-order valence-corrected chi connectivity index (χ4v) is 3.67. The molecule has 2 rings (SSSR count). The Morgan fingerprint density at radius 3 is 2.71 bits per heavy atom. The van der Waals surface area contributed by atoms with Crippen molar-refractivity contribution in [3.05, 3.63) is 39.5 Å². The minimum atomic E-state index is -3.66. The van der Waals surface area contributed by atoms with Crippen LogP contribution in [0.1, 0.15) is 0 Å². The summed E-state index contributed by atoms with van der Waals surface area (Å²) in [4.78, 5) is 6.62. The molecule has 0 amide bonds. The molecule has 0 aliphatic carbocycles. The Hall–Kier alpha value is -0.860. The molecule has 0 atom stereocenters. The molecular weight excluding hydrogens is 374 g/mol. The van der Waals surface area contributed by atoms with Gasteiger partial charge in [0, 0.05) is 21.3 Å². The predicted octanol–water partition coefficient (Wildman–Crippen LogP) is 2.74. The van der Waals surface area contributed by atoms with Crippen molar-refractivity contribution in [3.63, 3.8) is 0 Å². The lowest BCUT2D eigenvalue weighted by Gasteiger charge is -2.07. The van der Waals surface area contributed by atoms with Crippen LogP contribution in [0.25, 0.3) is 0 Å². The normalized spacial score (nSPS) is 11.4. The Balaban J connectivity index is 2.41. The van der Waals surface area contributed by atoms with E-state index in [1.165, 1.54) is 18.5 Å². The van der Waals surface area contributed by atoms with Crippen molar-refractivity contribution in [1.82, 2.24) is 9.97 Å². The summed E-state index contributed by atoms with van der Waals surface area (Å²) in [5.41, 5.74) is 0. The molecule has 0 saturated heterocycles. The van der Waals surface area contributed by atoms with Crippen molar-refractivity contribution in [2.24, 2.45) is 0 Å². The van der Waals surface area contributed by atoms with E-state index in [9.17, 15) is 8.42 Å². The van der Waals surface area contributed by atoms with Gasteiger partial charge in [-0.1, -0.05) is 15.9 Å². The van der Waals surface area contributed by atoms with Crippen LogP contribution in [-0.2, 0) is 10.0 Å². The van der Waals surface area contributed by atoms with Crippen LogP contribution in [0.15, 0.2) is 44.4 Å². The van der Waals surface area contributed by atoms with Crippen LogP contribution in [0.2, 0.25) is 0 Å². The number of H-pyrrole nitrogens is 1. The molecular formula is C9H7Br2N3O2S. The Bertz CT molecular complexity index is 626. The van der Waals surface area contributed by atoms with Gasteiger partial charge >= 0.3 is 0 Å². The first-order valence-electron chi connectivity index (χ1n) is 4.46. The molecule has 8 heteroatoms. The summed E-state index contributed by atoms with van der Waals surface area (Å²) in [6, 6.07) is 4.91. The van der Waals surface area contributed by atoms with E-state index in [0.29, 0.717) is 8.95 Å². The van der Waals surface area contributed by atoms with Gasteiger partial charge in [-0.15, -0.1) is 0 Å². The molecule has 0 spiro atoms. The second kappa shape index (κ2) is 4.79. The van der Waals surface area contributed by atoms with Gasteiger partial charge in [-0.05, 0) is 34.1 Å². The summed E-state index contributed by atoms with van der Waals surface area (Å²) in [7, 11) is -3.66. The van der Waals surface area contributed by atoms with Gasteiger partial charge in [0.15, 0.2) is 0 Å². The second-order valence-electron chi connectivity index (χ2n) is 3.12. The Morgan fingerprint density at radius 2 is 2.06 bits per heavy atom. The maximum atomic E-state index is 12.1. The van der Waals surface area contributed by atoms with Crippen molar-refractivity contribution < 1.29 is 8.42 Å². The smallest absolute Gasteiger partial charge is 0.265 e. The number of imidazole rings is 1.